The molecule has 0 unspecified atom stereocenters. The molecule has 0 amide bonds. The molecule has 7 nitrogen and oxygen atoms in total. The maximum Gasteiger partial charge on any atom is 0.244 e. The predicted molar refractivity (Wildman–Crippen MR) is 111 cm³/mol. The van der Waals surface area contributed by atoms with Crippen molar-refractivity contribution >= 4 is 37.6 Å². The van der Waals surface area contributed by atoms with Gasteiger partial charge in [-0.05, 0) is 54.0 Å². The Balaban J connectivity index is 1.68. The fraction of sp³-hybridized carbons (Fsp3) is 0.444. The lowest BCUT2D eigenvalue weighted by atomic mass is 10.3. The Morgan fingerprint density at radius 1 is 1.00 bits per heavy atom. The Hall–Kier alpha value is -1.71. The highest BCUT2D eigenvalue weighted by Gasteiger charge is 2.30. The molecule has 0 atom stereocenters. The summed E-state index contributed by atoms with van der Waals surface area (Å²) >= 11 is 3.34. The van der Waals surface area contributed by atoms with Crippen molar-refractivity contribution < 1.29 is 8.42 Å². The van der Waals surface area contributed by atoms with E-state index in [4.69, 9.17) is 0 Å². The molecule has 1 aliphatic heterocycles. The van der Waals surface area contributed by atoms with Crippen LogP contribution in [0.2, 0.25) is 0 Å². The Morgan fingerprint density at radius 2 is 1.67 bits per heavy atom. The van der Waals surface area contributed by atoms with Gasteiger partial charge in [-0.15, -0.1) is 10.2 Å². The van der Waals surface area contributed by atoms with E-state index in [1.807, 2.05) is 18.2 Å². The Kier molecular flexibility index (Phi) is 6.33. The molecule has 0 saturated carbocycles. The van der Waals surface area contributed by atoms with Gasteiger partial charge in [0.15, 0.2) is 11.6 Å². The molecule has 27 heavy (non-hydrogen) atoms. The molecule has 0 spiro atoms. The van der Waals surface area contributed by atoms with Gasteiger partial charge in [-0.1, -0.05) is 12.1 Å². The van der Waals surface area contributed by atoms with Crippen molar-refractivity contribution in [2.75, 3.05) is 49.1 Å². The van der Waals surface area contributed by atoms with Gasteiger partial charge in [-0.3, -0.25) is 0 Å². The highest BCUT2D eigenvalue weighted by molar-refractivity contribution is 9.10. The van der Waals surface area contributed by atoms with Gasteiger partial charge in [0.25, 0.3) is 0 Å². The van der Waals surface area contributed by atoms with Crippen molar-refractivity contribution in [1.29, 1.82) is 0 Å². The third-order valence-electron chi connectivity index (χ3n) is 4.74. The highest BCUT2D eigenvalue weighted by atomic mass is 79.9. The number of sulfonamides is 1. The van der Waals surface area contributed by atoms with Gasteiger partial charge < -0.3 is 9.80 Å². The van der Waals surface area contributed by atoms with Crippen LogP contribution in [0.5, 0.6) is 0 Å². The van der Waals surface area contributed by atoms with Gasteiger partial charge in [0, 0.05) is 43.7 Å². The second-order valence-electron chi connectivity index (χ2n) is 6.24. The molecule has 0 radical (unpaired) electrons. The van der Waals surface area contributed by atoms with Crippen LogP contribution in [0, 0.1) is 0 Å². The molecular formula is C18H24BrN5O2S. The summed E-state index contributed by atoms with van der Waals surface area (Å²) in [6.07, 6.45) is 0. The smallest absolute Gasteiger partial charge is 0.244 e. The van der Waals surface area contributed by atoms with Crippen molar-refractivity contribution in [3.8, 4) is 0 Å². The first-order valence-corrected chi connectivity index (χ1v) is 11.3. The number of anilines is 2. The summed E-state index contributed by atoms with van der Waals surface area (Å²) < 4.78 is 27.9. The van der Waals surface area contributed by atoms with Crippen LogP contribution in [0.25, 0.3) is 0 Å². The minimum atomic E-state index is -3.51. The summed E-state index contributed by atoms with van der Waals surface area (Å²) in [5.41, 5.74) is 0. The van der Waals surface area contributed by atoms with Gasteiger partial charge in [0.2, 0.25) is 10.0 Å². The molecule has 2 heterocycles. The first-order valence-electron chi connectivity index (χ1n) is 9.05. The minimum absolute atomic E-state index is 0.307. The monoisotopic (exact) mass is 453 g/mol. The Morgan fingerprint density at radius 3 is 2.22 bits per heavy atom. The predicted octanol–water partition coefficient (Wildman–Crippen LogP) is 2.60. The summed E-state index contributed by atoms with van der Waals surface area (Å²) in [5.74, 6) is 1.64. The van der Waals surface area contributed by atoms with Crippen LogP contribution >= 0.6 is 15.9 Å². The maximum atomic E-state index is 12.9. The number of piperazine rings is 1. The van der Waals surface area contributed by atoms with Gasteiger partial charge in [0.05, 0.1) is 4.90 Å². The molecule has 0 N–H and O–H groups in total. The van der Waals surface area contributed by atoms with Crippen molar-refractivity contribution in [3.63, 3.8) is 0 Å². The van der Waals surface area contributed by atoms with Crippen LogP contribution in [0.3, 0.4) is 0 Å². The standard InChI is InChI=1S/C18H24BrN5O2S/c1-3-22(4-2)17-9-10-18(21-20-17)23-11-13-24(14-12-23)27(25,26)16-8-6-5-7-15(16)19/h5-10H,3-4,11-14H2,1-2H3. The summed E-state index contributed by atoms with van der Waals surface area (Å²) in [6, 6.07) is 10.8. The van der Waals surface area contributed by atoms with Gasteiger partial charge in [-0.2, -0.15) is 4.31 Å². The van der Waals surface area contributed by atoms with Crippen molar-refractivity contribution in [2.24, 2.45) is 0 Å². The van der Waals surface area contributed by atoms with Crippen LogP contribution in [0.15, 0.2) is 45.8 Å². The fourth-order valence-electron chi connectivity index (χ4n) is 3.15. The second kappa shape index (κ2) is 8.53. The van der Waals surface area contributed by atoms with Crippen molar-refractivity contribution in [2.45, 2.75) is 18.7 Å². The summed E-state index contributed by atoms with van der Waals surface area (Å²) in [6.45, 7) is 7.96. The Bertz CT molecular complexity index is 864. The number of hydrogen-bond acceptors (Lipinski definition) is 6. The Labute approximate surface area is 169 Å². The number of hydrogen-bond donors (Lipinski definition) is 0. The zero-order valence-electron chi connectivity index (χ0n) is 15.5. The summed E-state index contributed by atoms with van der Waals surface area (Å²) in [5, 5.41) is 8.66. The SMILES string of the molecule is CCN(CC)c1ccc(N2CCN(S(=O)(=O)c3ccccc3Br)CC2)nn1. The molecular weight excluding hydrogens is 430 g/mol. The molecule has 0 aliphatic carbocycles. The third-order valence-corrected chi connectivity index (χ3v) is 7.65. The lowest BCUT2D eigenvalue weighted by Gasteiger charge is -2.34. The van der Waals surface area contributed by atoms with Crippen LogP contribution in [0.4, 0.5) is 11.6 Å². The molecule has 1 saturated heterocycles. The van der Waals surface area contributed by atoms with E-state index in [1.54, 1.807) is 18.2 Å². The normalized spacial score (nSPS) is 15.7. The van der Waals surface area contributed by atoms with E-state index in [2.05, 4.69) is 49.8 Å². The quantitative estimate of drug-likeness (QED) is 0.669. The van der Waals surface area contributed by atoms with E-state index in [0.717, 1.165) is 24.7 Å². The number of halogens is 1. The van der Waals surface area contributed by atoms with E-state index in [0.29, 0.717) is 35.5 Å². The fourth-order valence-corrected chi connectivity index (χ4v) is 5.54. The van der Waals surface area contributed by atoms with Crippen LogP contribution in [0.1, 0.15) is 13.8 Å². The molecule has 3 rings (SSSR count). The van der Waals surface area contributed by atoms with E-state index < -0.39 is 10.0 Å². The molecule has 1 fully saturated rings. The van der Waals surface area contributed by atoms with Crippen molar-refractivity contribution in [3.05, 3.63) is 40.9 Å². The minimum Gasteiger partial charge on any atom is -0.356 e. The van der Waals surface area contributed by atoms with E-state index in [1.165, 1.54) is 4.31 Å². The largest absolute Gasteiger partial charge is 0.356 e. The average molecular weight is 454 g/mol. The topological polar surface area (TPSA) is 69.6 Å². The molecule has 2 aromatic rings. The van der Waals surface area contributed by atoms with E-state index in [9.17, 15) is 8.42 Å². The molecule has 1 aromatic carbocycles. The average Bonchev–Trinajstić information content (AvgIpc) is 2.70. The first kappa shape index (κ1) is 20.0. The van der Waals surface area contributed by atoms with Gasteiger partial charge >= 0.3 is 0 Å². The van der Waals surface area contributed by atoms with Crippen LogP contribution in [-0.4, -0.2) is 62.2 Å². The van der Waals surface area contributed by atoms with Gasteiger partial charge in [-0.25, -0.2) is 8.42 Å². The lowest BCUT2D eigenvalue weighted by molar-refractivity contribution is 0.383. The maximum absolute atomic E-state index is 12.9. The summed E-state index contributed by atoms with van der Waals surface area (Å²) in [7, 11) is -3.51. The second-order valence-corrected chi connectivity index (χ2v) is 9.00. The van der Waals surface area contributed by atoms with Crippen molar-refractivity contribution in [1.82, 2.24) is 14.5 Å². The summed E-state index contributed by atoms with van der Waals surface area (Å²) in [4.78, 5) is 4.52. The molecule has 9 heteroatoms. The van der Waals surface area contributed by atoms with Gasteiger partial charge in [0.1, 0.15) is 0 Å². The number of nitrogens with zero attached hydrogens (tertiary/aromatic N) is 5. The number of aromatic nitrogens is 2. The lowest BCUT2D eigenvalue weighted by Crippen LogP contribution is -2.49. The molecule has 1 aliphatic rings. The number of benzene rings is 1. The molecule has 1 aromatic heterocycles. The zero-order valence-corrected chi connectivity index (χ0v) is 17.9. The molecule has 146 valence electrons. The zero-order chi connectivity index (χ0) is 19.4. The van der Waals surface area contributed by atoms with Crippen LogP contribution in [-0.2, 0) is 10.0 Å². The number of rotatable bonds is 6. The van der Waals surface area contributed by atoms with Crippen LogP contribution < -0.4 is 9.80 Å². The molecule has 0 bridgehead atoms. The highest BCUT2D eigenvalue weighted by Crippen LogP contribution is 2.26. The first-order chi connectivity index (χ1) is 13.0. The van der Waals surface area contributed by atoms with E-state index in [-0.39, 0.29) is 0 Å². The van der Waals surface area contributed by atoms with E-state index >= 15 is 0 Å². The third kappa shape index (κ3) is 4.25.